The van der Waals surface area contributed by atoms with Crippen LogP contribution in [-0.4, -0.2) is 24.4 Å². The second kappa shape index (κ2) is 7.27. The van der Waals surface area contributed by atoms with Gasteiger partial charge in [0.2, 0.25) is 6.41 Å². The van der Waals surface area contributed by atoms with Gasteiger partial charge in [0.25, 0.3) is 0 Å². The minimum Gasteiger partial charge on any atom is -0.364 e. The van der Waals surface area contributed by atoms with Crippen LogP contribution in [0.15, 0.2) is 42.5 Å². The van der Waals surface area contributed by atoms with E-state index < -0.39 is 0 Å². The van der Waals surface area contributed by atoms with Crippen LogP contribution in [0, 0.1) is 0 Å². The van der Waals surface area contributed by atoms with Crippen LogP contribution < -0.4 is 4.90 Å². The Labute approximate surface area is 169 Å². The van der Waals surface area contributed by atoms with E-state index in [1.807, 2.05) is 4.90 Å². The third-order valence-electron chi connectivity index (χ3n) is 6.42. The number of hydrogen-bond acceptors (Lipinski definition) is 2. The summed E-state index contributed by atoms with van der Waals surface area (Å²) in [5, 5.41) is 0. The number of rotatable bonds is 5. The van der Waals surface area contributed by atoms with Crippen molar-refractivity contribution in [1.82, 2.24) is 4.90 Å². The van der Waals surface area contributed by atoms with Gasteiger partial charge in [-0.05, 0) is 46.9 Å². The highest BCUT2D eigenvalue weighted by Gasteiger charge is 2.39. The number of anilines is 1. The van der Waals surface area contributed by atoms with E-state index in [1.165, 1.54) is 27.9 Å². The molecule has 148 valence electrons. The summed E-state index contributed by atoms with van der Waals surface area (Å²) in [6.45, 7) is 10.8. The molecule has 0 bridgehead atoms. The third-order valence-corrected chi connectivity index (χ3v) is 6.42. The van der Waals surface area contributed by atoms with Gasteiger partial charge in [-0.15, -0.1) is 0 Å². The molecule has 0 aromatic heterocycles. The predicted octanol–water partition coefficient (Wildman–Crippen LogP) is 5.40. The van der Waals surface area contributed by atoms with E-state index >= 15 is 0 Å². The molecule has 2 heterocycles. The van der Waals surface area contributed by atoms with Crippen molar-refractivity contribution in [2.45, 2.75) is 64.5 Å². The Balaban J connectivity index is 1.75. The highest BCUT2D eigenvalue weighted by atomic mass is 16.1. The SMILES string of the molecule is CCCN(C=O)C1CC(c2ccc(C(C)(C)C)cc2)N2CCc3cccc1c32. The van der Waals surface area contributed by atoms with Gasteiger partial charge >= 0.3 is 0 Å². The van der Waals surface area contributed by atoms with Crippen molar-refractivity contribution in [3.05, 3.63) is 64.7 Å². The molecule has 2 unspecified atom stereocenters. The Kier molecular flexibility index (Phi) is 4.95. The summed E-state index contributed by atoms with van der Waals surface area (Å²) in [4.78, 5) is 16.5. The van der Waals surface area contributed by atoms with E-state index in [0.29, 0.717) is 6.04 Å². The van der Waals surface area contributed by atoms with Crippen LogP contribution in [0.2, 0.25) is 0 Å². The van der Waals surface area contributed by atoms with Crippen LogP contribution in [-0.2, 0) is 16.6 Å². The Bertz CT molecular complexity index is 850. The molecule has 0 saturated carbocycles. The maximum absolute atomic E-state index is 11.9. The zero-order valence-electron chi connectivity index (χ0n) is 17.6. The second-order valence-electron chi connectivity index (χ2n) is 9.28. The number of amides is 1. The number of hydrogen-bond donors (Lipinski definition) is 0. The first kappa shape index (κ1) is 19.0. The van der Waals surface area contributed by atoms with Crippen LogP contribution >= 0.6 is 0 Å². The topological polar surface area (TPSA) is 23.6 Å². The minimum atomic E-state index is 0.161. The highest BCUT2D eigenvalue weighted by Crippen LogP contribution is 2.50. The van der Waals surface area contributed by atoms with Gasteiger partial charge in [-0.3, -0.25) is 4.79 Å². The van der Waals surface area contributed by atoms with Crippen LogP contribution in [0.1, 0.15) is 74.9 Å². The Morgan fingerprint density at radius 2 is 1.89 bits per heavy atom. The van der Waals surface area contributed by atoms with Gasteiger partial charge in [0, 0.05) is 18.8 Å². The summed E-state index contributed by atoms with van der Waals surface area (Å²) in [6.07, 6.45) is 4.10. The molecule has 0 N–H and O–H groups in total. The molecule has 2 aliphatic rings. The van der Waals surface area contributed by atoms with Crippen molar-refractivity contribution in [1.29, 1.82) is 0 Å². The van der Waals surface area contributed by atoms with Gasteiger partial charge in [-0.2, -0.15) is 0 Å². The molecule has 0 aliphatic carbocycles. The molecule has 4 rings (SSSR count). The van der Waals surface area contributed by atoms with Crippen molar-refractivity contribution < 1.29 is 4.79 Å². The minimum absolute atomic E-state index is 0.161. The highest BCUT2D eigenvalue weighted by molar-refractivity contribution is 5.68. The Morgan fingerprint density at radius 3 is 2.54 bits per heavy atom. The summed E-state index contributed by atoms with van der Waals surface area (Å²) >= 11 is 0. The van der Waals surface area contributed by atoms with E-state index in [0.717, 1.165) is 38.8 Å². The van der Waals surface area contributed by atoms with E-state index in [9.17, 15) is 4.79 Å². The average molecular weight is 377 g/mol. The normalized spacial score (nSPS) is 20.8. The summed E-state index contributed by atoms with van der Waals surface area (Å²) < 4.78 is 0. The van der Waals surface area contributed by atoms with Gasteiger partial charge in [-0.1, -0.05) is 70.2 Å². The molecule has 2 atom stereocenters. The lowest BCUT2D eigenvalue weighted by molar-refractivity contribution is -0.120. The monoisotopic (exact) mass is 376 g/mol. The van der Waals surface area contributed by atoms with Gasteiger partial charge in [-0.25, -0.2) is 0 Å². The summed E-state index contributed by atoms with van der Waals surface area (Å²) in [7, 11) is 0. The molecule has 3 heteroatoms. The average Bonchev–Trinajstić information content (AvgIpc) is 3.12. The first-order chi connectivity index (χ1) is 13.4. The Morgan fingerprint density at radius 1 is 1.14 bits per heavy atom. The van der Waals surface area contributed by atoms with Crippen molar-refractivity contribution in [3.8, 4) is 0 Å². The second-order valence-corrected chi connectivity index (χ2v) is 9.28. The van der Waals surface area contributed by atoms with Crippen molar-refractivity contribution in [2.75, 3.05) is 18.0 Å². The van der Waals surface area contributed by atoms with E-state index in [-0.39, 0.29) is 11.5 Å². The third kappa shape index (κ3) is 3.21. The van der Waals surface area contributed by atoms with Gasteiger partial charge in [0.15, 0.2) is 0 Å². The zero-order chi connectivity index (χ0) is 19.9. The van der Waals surface area contributed by atoms with Crippen molar-refractivity contribution in [2.24, 2.45) is 0 Å². The maximum Gasteiger partial charge on any atom is 0.210 e. The summed E-state index contributed by atoms with van der Waals surface area (Å²) in [6, 6.07) is 16.3. The Hall–Kier alpha value is -2.29. The smallest absolute Gasteiger partial charge is 0.210 e. The van der Waals surface area contributed by atoms with Crippen LogP contribution in [0.4, 0.5) is 5.69 Å². The fourth-order valence-electron chi connectivity index (χ4n) is 4.94. The molecule has 28 heavy (non-hydrogen) atoms. The van der Waals surface area contributed by atoms with E-state index in [4.69, 9.17) is 0 Å². The molecule has 2 aliphatic heterocycles. The molecule has 0 fully saturated rings. The predicted molar refractivity (Wildman–Crippen MR) is 116 cm³/mol. The first-order valence-electron chi connectivity index (χ1n) is 10.6. The first-order valence-corrected chi connectivity index (χ1v) is 10.6. The van der Waals surface area contributed by atoms with E-state index in [1.54, 1.807) is 0 Å². The lowest BCUT2D eigenvalue weighted by Gasteiger charge is -2.43. The van der Waals surface area contributed by atoms with Crippen LogP contribution in [0.5, 0.6) is 0 Å². The van der Waals surface area contributed by atoms with Crippen LogP contribution in [0.25, 0.3) is 0 Å². The standard InChI is InChI=1S/C25H32N2O/c1-5-14-26(17-28)23-16-22(18-9-11-20(12-10-18)25(2,3)4)27-15-13-19-7-6-8-21(23)24(19)27/h6-12,17,22-23H,5,13-16H2,1-4H3. The van der Waals surface area contributed by atoms with Crippen molar-refractivity contribution in [3.63, 3.8) is 0 Å². The molecule has 0 saturated heterocycles. The lowest BCUT2D eigenvalue weighted by Crippen LogP contribution is -2.39. The number of benzene rings is 2. The molecular formula is C25H32N2O. The maximum atomic E-state index is 11.9. The fourth-order valence-corrected chi connectivity index (χ4v) is 4.94. The molecule has 2 aromatic carbocycles. The zero-order valence-corrected chi connectivity index (χ0v) is 17.6. The molecule has 0 radical (unpaired) electrons. The van der Waals surface area contributed by atoms with Crippen LogP contribution in [0.3, 0.4) is 0 Å². The van der Waals surface area contributed by atoms with Gasteiger partial charge in [0.05, 0.1) is 12.1 Å². The fraction of sp³-hybridized carbons (Fsp3) is 0.480. The van der Waals surface area contributed by atoms with Gasteiger partial charge < -0.3 is 9.80 Å². The molecule has 0 spiro atoms. The molecule has 2 aromatic rings. The number of carbonyl (C=O) groups is 1. The van der Waals surface area contributed by atoms with E-state index in [2.05, 4.69) is 75.1 Å². The quantitative estimate of drug-likeness (QED) is 0.652. The lowest BCUT2D eigenvalue weighted by atomic mass is 9.83. The number of nitrogens with zero attached hydrogens (tertiary/aromatic N) is 2. The largest absolute Gasteiger partial charge is 0.364 e. The molecule has 3 nitrogen and oxygen atoms in total. The van der Waals surface area contributed by atoms with Crippen molar-refractivity contribution >= 4 is 12.1 Å². The summed E-state index contributed by atoms with van der Waals surface area (Å²) in [5.41, 5.74) is 7.04. The molecular weight excluding hydrogens is 344 g/mol. The number of carbonyl (C=O) groups excluding carboxylic acids is 1. The molecule has 1 amide bonds. The number of para-hydroxylation sites is 1. The van der Waals surface area contributed by atoms with Gasteiger partial charge in [0.1, 0.15) is 0 Å². The summed E-state index contributed by atoms with van der Waals surface area (Å²) in [5.74, 6) is 0.